The van der Waals surface area contributed by atoms with Crippen LogP contribution >= 0.6 is 0 Å². The van der Waals surface area contributed by atoms with Crippen LogP contribution in [0.3, 0.4) is 0 Å². The summed E-state index contributed by atoms with van der Waals surface area (Å²) in [5.74, 6) is 0.0166. The SMILES string of the molecule is CCc1ccc(CN2CCO[C@@H](CCNC(C)=O)C2)nc1. The highest BCUT2D eigenvalue weighted by atomic mass is 16.5. The number of aryl methyl sites for hydroxylation is 1. The number of aromatic nitrogens is 1. The summed E-state index contributed by atoms with van der Waals surface area (Å²) in [6.07, 6.45) is 4.04. The third-order valence-electron chi connectivity index (χ3n) is 3.74. The second kappa shape index (κ2) is 8.10. The third-order valence-corrected chi connectivity index (χ3v) is 3.74. The molecule has 0 bridgehead atoms. The Morgan fingerprint density at radius 1 is 1.52 bits per heavy atom. The molecule has 0 saturated carbocycles. The topological polar surface area (TPSA) is 54.5 Å². The van der Waals surface area contributed by atoms with E-state index in [9.17, 15) is 4.79 Å². The average molecular weight is 291 g/mol. The molecule has 5 nitrogen and oxygen atoms in total. The Labute approximate surface area is 126 Å². The van der Waals surface area contributed by atoms with Crippen LogP contribution in [0.1, 0.15) is 31.5 Å². The van der Waals surface area contributed by atoms with Gasteiger partial charge in [0.1, 0.15) is 0 Å². The summed E-state index contributed by atoms with van der Waals surface area (Å²) in [5, 5.41) is 2.82. The number of pyridine rings is 1. The molecule has 1 amide bonds. The summed E-state index contributed by atoms with van der Waals surface area (Å²) in [5.41, 5.74) is 2.38. The van der Waals surface area contributed by atoms with Crippen molar-refractivity contribution in [2.24, 2.45) is 0 Å². The molecule has 21 heavy (non-hydrogen) atoms. The van der Waals surface area contributed by atoms with Crippen molar-refractivity contribution in [1.82, 2.24) is 15.2 Å². The molecule has 1 aromatic rings. The summed E-state index contributed by atoms with van der Waals surface area (Å²) in [4.78, 5) is 17.8. The molecule has 2 rings (SSSR count). The molecule has 0 spiro atoms. The summed E-state index contributed by atoms with van der Waals surface area (Å²) in [6.45, 7) is 7.81. The molecule has 1 aliphatic heterocycles. The standard InChI is InChI=1S/C16H25N3O2/c1-3-14-4-5-15(18-10-14)11-19-8-9-21-16(12-19)6-7-17-13(2)20/h4-5,10,16H,3,6-9,11-12H2,1-2H3,(H,17,20)/t16-/m0/s1. The molecule has 1 saturated heterocycles. The van der Waals surface area contributed by atoms with E-state index >= 15 is 0 Å². The Bertz CT molecular complexity index is 447. The Kier molecular flexibility index (Phi) is 6.14. The number of carbonyl (C=O) groups is 1. The van der Waals surface area contributed by atoms with E-state index in [1.165, 1.54) is 5.56 Å². The first-order valence-corrected chi connectivity index (χ1v) is 7.69. The zero-order valence-corrected chi connectivity index (χ0v) is 13.0. The van der Waals surface area contributed by atoms with Crippen LogP contribution in [0.4, 0.5) is 0 Å². The zero-order chi connectivity index (χ0) is 15.1. The van der Waals surface area contributed by atoms with E-state index in [0.717, 1.165) is 44.8 Å². The number of carbonyl (C=O) groups excluding carboxylic acids is 1. The van der Waals surface area contributed by atoms with E-state index in [4.69, 9.17) is 4.74 Å². The van der Waals surface area contributed by atoms with Crippen molar-refractivity contribution in [3.63, 3.8) is 0 Å². The van der Waals surface area contributed by atoms with E-state index in [2.05, 4.69) is 34.3 Å². The number of amides is 1. The van der Waals surface area contributed by atoms with E-state index in [1.54, 1.807) is 6.92 Å². The maximum absolute atomic E-state index is 10.9. The smallest absolute Gasteiger partial charge is 0.216 e. The molecule has 2 heterocycles. The van der Waals surface area contributed by atoms with Crippen molar-refractivity contribution in [2.45, 2.75) is 39.3 Å². The van der Waals surface area contributed by atoms with Crippen LogP contribution in [0.25, 0.3) is 0 Å². The summed E-state index contributed by atoms with van der Waals surface area (Å²) < 4.78 is 5.75. The van der Waals surface area contributed by atoms with Gasteiger partial charge < -0.3 is 10.1 Å². The minimum Gasteiger partial charge on any atom is -0.375 e. The first-order chi connectivity index (χ1) is 10.2. The zero-order valence-electron chi connectivity index (χ0n) is 13.0. The molecule has 116 valence electrons. The quantitative estimate of drug-likeness (QED) is 0.860. The molecular weight excluding hydrogens is 266 g/mol. The van der Waals surface area contributed by atoms with Crippen molar-refractivity contribution in [3.05, 3.63) is 29.6 Å². The van der Waals surface area contributed by atoms with Crippen molar-refractivity contribution in [3.8, 4) is 0 Å². The van der Waals surface area contributed by atoms with Crippen LogP contribution < -0.4 is 5.32 Å². The van der Waals surface area contributed by atoms with Crippen LogP contribution in [0, 0.1) is 0 Å². The van der Waals surface area contributed by atoms with Gasteiger partial charge in [-0.2, -0.15) is 0 Å². The van der Waals surface area contributed by atoms with Crippen molar-refractivity contribution < 1.29 is 9.53 Å². The van der Waals surface area contributed by atoms with Crippen LogP contribution in [0.15, 0.2) is 18.3 Å². The fraction of sp³-hybridized carbons (Fsp3) is 0.625. The van der Waals surface area contributed by atoms with Crippen LogP contribution in [0.2, 0.25) is 0 Å². The Hall–Kier alpha value is -1.46. The maximum Gasteiger partial charge on any atom is 0.216 e. The lowest BCUT2D eigenvalue weighted by atomic mass is 10.2. The van der Waals surface area contributed by atoms with Gasteiger partial charge in [-0.3, -0.25) is 14.7 Å². The van der Waals surface area contributed by atoms with Gasteiger partial charge in [0.2, 0.25) is 5.91 Å². The third kappa shape index (κ3) is 5.44. The molecule has 0 radical (unpaired) electrons. The van der Waals surface area contributed by atoms with E-state index in [1.807, 2.05) is 6.20 Å². The molecular formula is C16H25N3O2. The molecule has 1 aromatic heterocycles. The number of hydrogen-bond acceptors (Lipinski definition) is 4. The maximum atomic E-state index is 10.9. The van der Waals surface area contributed by atoms with E-state index < -0.39 is 0 Å². The number of nitrogens with zero attached hydrogens (tertiary/aromatic N) is 2. The fourth-order valence-electron chi connectivity index (χ4n) is 2.49. The summed E-state index contributed by atoms with van der Waals surface area (Å²) in [7, 11) is 0. The molecule has 1 N–H and O–H groups in total. The predicted octanol–water partition coefficient (Wildman–Crippen LogP) is 1.37. The second-order valence-electron chi connectivity index (χ2n) is 5.51. The van der Waals surface area contributed by atoms with Crippen LogP contribution in [-0.2, 0) is 22.5 Å². The highest BCUT2D eigenvalue weighted by molar-refractivity contribution is 5.72. The molecule has 0 aromatic carbocycles. The minimum atomic E-state index is 0.0166. The van der Waals surface area contributed by atoms with E-state index in [0.29, 0.717) is 6.54 Å². The van der Waals surface area contributed by atoms with Gasteiger partial charge in [0.25, 0.3) is 0 Å². The number of morpholine rings is 1. The van der Waals surface area contributed by atoms with Gasteiger partial charge in [0, 0.05) is 39.3 Å². The highest BCUT2D eigenvalue weighted by Gasteiger charge is 2.20. The van der Waals surface area contributed by atoms with Gasteiger partial charge in [-0.1, -0.05) is 13.0 Å². The minimum absolute atomic E-state index is 0.0166. The van der Waals surface area contributed by atoms with Crippen molar-refractivity contribution in [2.75, 3.05) is 26.2 Å². The number of rotatable bonds is 6. The lowest BCUT2D eigenvalue weighted by Crippen LogP contribution is -2.43. The van der Waals surface area contributed by atoms with Gasteiger partial charge in [0.15, 0.2) is 0 Å². The molecule has 1 atom stereocenters. The number of hydrogen-bond donors (Lipinski definition) is 1. The lowest BCUT2D eigenvalue weighted by Gasteiger charge is -2.32. The molecule has 1 fully saturated rings. The summed E-state index contributed by atoms with van der Waals surface area (Å²) >= 11 is 0. The summed E-state index contributed by atoms with van der Waals surface area (Å²) in [6, 6.07) is 4.26. The van der Waals surface area contributed by atoms with Gasteiger partial charge in [-0.25, -0.2) is 0 Å². The Balaban J connectivity index is 1.78. The number of ether oxygens (including phenoxy) is 1. The van der Waals surface area contributed by atoms with Gasteiger partial charge >= 0.3 is 0 Å². The Morgan fingerprint density at radius 3 is 3.05 bits per heavy atom. The van der Waals surface area contributed by atoms with E-state index in [-0.39, 0.29) is 12.0 Å². The molecule has 5 heteroatoms. The predicted molar refractivity (Wildman–Crippen MR) is 81.9 cm³/mol. The van der Waals surface area contributed by atoms with Gasteiger partial charge in [-0.15, -0.1) is 0 Å². The molecule has 0 unspecified atom stereocenters. The monoisotopic (exact) mass is 291 g/mol. The first-order valence-electron chi connectivity index (χ1n) is 7.69. The normalized spacial score (nSPS) is 19.4. The number of nitrogens with one attached hydrogen (secondary N) is 1. The van der Waals surface area contributed by atoms with Gasteiger partial charge in [0.05, 0.1) is 18.4 Å². The molecule has 0 aliphatic carbocycles. The van der Waals surface area contributed by atoms with Crippen LogP contribution in [0.5, 0.6) is 0 Å². The lowest BCUT2D eigenvalue weighted by molar-refractivity contribution is -0.119. The largest absolute Gasteiger partial charge is 0.375 e. The average Bonchev–Trinajstić information content (AvgIpc) is 2.48. The first kappa shape index (κ1) is 15.9. The van der Waals surface area contributed by atoms with Crippen LogP contribution in [-0.4, -0.2) is 48.1 Å². The molecule has 1 aliphatic rings. The van der Waals surface area contributed by atoms with Crippen molar-refractivity contribution >= 4 is 5.91 Å². The fourth-order valence-corrected chi connectivity index (χ4v) is 2.49. The Morgan fingerprint density at radius 2 is 2.38 bits per heavy atom. The van der Waals surface area contributed by atoms with Crippen molar-refractivity contribution in [1.29, 1.82) is 0 Å². The van der Waals surface area contributed by atoms with Gasteiger partial charge in [-0.05, 0) is 24.5 Å². The second-order valence-corrected chi connectivity index (χ2v) is 5.51. The highest BCUT2D eigenvalue weighted by Crippen LogP contribution is 2.12.